The van der Waals surface area contributed by atoms with Crippen LogP contribution in [-0.2, 0) is 0 Å². The van der Waals surface area contributed by atoms with Crippen molar-refractivity contribution in [1.29, 1.82) is 0 Å². The molecule has 0 atom stereocenters. The summed E-state index contributed by atoms with van der Waals surface area (Å²) in [6, 6.07) is 19.2. The van der Waals surface area contributed by atoms with Gasteiger partial charge in [-0.15, -0.1) is 11.3 Å². The van der Waals surface area contributed by atoms with Gasteiger partial charge < -0.3 is 10.1 Å². The Balaban J connectivity index is 1.55. The highest BCUT2D eigenvalue weighted by Crippen LogP contribution is 2.41. The van der Waals surface area contributed by atoms with E-state index in [2.05, 4.69) is 60.0 Å². The second kappa shape index (κ2) is 7.17. The van der Waals surface area contributed by atoms with Gasteiger partial charge in [-0.1, -0.05) is 54.6 Å². The van der Waals surface area contributed by atoms with Crippen LogP contribution in [0.2, 0.25) is 0 Å². The molecule has 1 fully saturated rings. The molecule has 1 aliphatic carbocycles. The van der Waals surface area contributed by atoms with Crippen LogP contribution in [0.1, 0.15) is 29.3 Å². The zero-order valence-electron chi connectivity index (χ0n) is 15.8. The van der Waals surface area contributed by atoms with Gasteiger partial charge in [0.05, 0.1) is 22.4 Å². The van der Waals surface area contributed by atoms with Gasteiger partial charge in [-0.25, -0.2) is 10.4 Å². The van der Waals surface area contributed by atoms with Crippen LogP contribution in [0.5, 0.6) is 0 Å². The molecule has 2 N–H and O–H groups in total. The largest absolute Gasteiger partial charge is 0.393 e. The fourth-order valence-corrected chi connectivity index (χ4v) is 5.09. The monoisotopic (exact) mass is 389 g/mol. The van der Waals surface area contributed by atoms with Crippen molar-refractivity contribution in [3.63, 3.8) is 0 Å². The number of nitrogens with one attached hydrogen (secondary N) is 1. The lowest BCUT2D eigenvalue weighted by molar-refractivity contribution is 0.0746. The van der Waals surface area contributed by atoms with Gasteiger partial charge in [0.2, 0.25) is 0 Å². The Morgan fingerprint density at radius 3 is 2.43 bits per heavy atom. The standard InChI is InChI=1S/C23H23N3OS/c1-26-20(11-12-24-26)23-25-21(22(28-23)17-5-3-2-4-6-17)16-9-7-15(8-10-16)18-13-19(27)14-18/h2-11,18-19,24,27H,12-14H2,1H3. The van der Waals surface area contributed by atoms with E-state index in [0.29, 0.717) is 5.92 Å². The van der Waals surface area contributed by atoms with Gasteiger partial charge in [-0.3, -0.25) is 0 Å². The van der Waals surface area contributed by atoms with E-state index in [1.807, 2.05) is 18.1 Å². The molecule has 1 saturated carbocycles. The molecule has 2 aromatic carbocycles. The molecule has 0 spiro atoms. The molecule has 0 radical (unpaired) electrons. The highest BCUT2D eigenvalue weighted by molar-refractivity contribution is 7.16. The van der Waals surface area contributed by atoms with Crippen LogP contribution in [0.3, 0.4) is 0 Å². The van der Waals surface area contributed by atoms with Crippen LogP contribution in [0, 0.1) is 0 Å². The van der Waals surface area contributed by atoms with Gasteiger partial charge in [-0.2, -0.15) is 0 Å². The molecule has 0 saturated heterocycles. The Morgan fingerprint density at radius 2 is 1.79 bits per heavy atom. The van der Waals surface area contributed by atoms with E-state index in [4.69, 9.17) is 4.98 Å². The van der Waals surface area contributed by atoms with Crippen LogP contribution in [0.25, 0.3) is 27.4 Å². The Hall–Kier alpha value is -2.47. The first-order chi connectivity index (χ1) is 13.7. The van der Waals surface area contributed by atoms with Crippen molar-refractivity contribution < 1.29 is 5.11 Å². The normalized spacial score (nSPS) is 21.5. The van der Waals surface area contributed by atoms with Crippen molar-refractivity contribution in [2.75, 3.05) is 13.6 Å². The van der Waals surface area contributed by atoms with E-state index in [9.17, 15) is 5.11 Å². The quantitative estimate of drug-likeness (QED) is 0.689. The summed E-state index contributed by atoms with van der Waals surface area (Å²) in [6.07, 6.45) is 3.81. The summed E-state index contributed by atoms with van der Waals surface area (Å²) in [5.74, 6) is 0.493. The molecule has 1 aliphatic heterocycles. The molecule has 0 unspecified atom stereocenters. The van der Waals surface area contributed by atoms with Gasteiger partial charge in [0.15, 0.2) is 0 Å². The summed E-state index contributed by atoms with van der Waals surface area (Å²) in [5, 5.41) is 12.7. The van der Waals surface area contributed by atoms with E-state index < -0.39 is 0 Å². The van der Waals surface area contributed by atoms with Gasteiger partial charge in [0, 0.05) is 19.2 Å². The molecule has 1 aromatic heterocycles. The SMILES string of the molecule is CN1NCC=C1c1nc(-c2ccc(C3CC(O)C3)cc2)c(-c2ccccc2)s1. The van der Waals surface area contributed by atoms with Crippen molar-refractivity contribution >= 4 is 17.0 Å². The van der Waals surface area contributed by atoms with Gasteiger partial charge in [0.25, 0.3) is 0 Å². The second-order valence-electron chi connectivity index (χ2n) is 7.52. The van der Waals surface area contributed by atoms with Crippen LogP contribution in [-0.4, -0.2) is 34.8 Å². The predicted molar refractivity (Wildman–Crippen MR) is 115 cm³/mol. The molecule has 2 heterocycles. The summed E-state index contributed by atoms with van der Waals surface area (Å²) in [4.78, 5) is 6.24. The highest BCUT2D eigenvalue weighted by Gasteiger charge is 2.28. The summed E-state index contributed by atoms with van der Waals surface area (Å²) in [5.41, 5.74) is 9.11. The molecule has 142 valence electrons. The number of aliphatic hydroxyl groups excluding tert-OH is 1. The number of thiazole rings is 1. The number of aromatic nitrogens is 1. The third-order valence-electron chi connectivity index (χ3n) is 5.64. The maximum absolute atomic E-state index is 9.58. The molecule has 0 bridgehead atoms. The minimum atomic E-state index is -0.124. The van der Waals surface area contributed by atoms with E-state index >= 15 is 0 Å². The number of hydrogen-bond acceptors (Lipinski definition) is 5. The number of hydrazine groups is 1. The van der Waals surface area contributed by atoms with Crippen molar-refractivity contribution in [3.05, 3.63) is 71.2 Å². The number of aliphatic hydroxyl groups is 1. The maximum atomic E-state index is 9.58. The van der Waals surface area contributed by atoms with Crippen molar-refractivity contribution in [2.24, 2.45) is 0 Å². The zero-order chi connectivity index (χ0) is 19.1. The third-order valence-corrected chi connectivity index (χ3v) is 6.76. The average Bonchev–Trinajstić information content (AvgIpc) is 3.32. The molecule has 3 aromatic rings. The summed E-state index contributed by atoms with van der Waals surface area (Å²) in [7, 11) is 2.03. The van der Waals surface area contributed by atoms with Crippen LogP contribution in [0.4, 0.5) is 0 Å². The Bertz CT molecular complexity index is 1000. The van der Waals surface area contributed by atoms with Gasteiger partial charge >= 0.3 is 0 Å². The van der Waals surface area contributed by atoms with Crippen molar-refractivity contribution in [2.45, 2.75) is 24.9 Å². The Kier molecular flexibility index (Phi) is 4.51. The minimum Gasteiger partial charge on any atom is -0.393 e. The average molecular weight is 390 g/mol. The van der Waals surface area contributed by atoms with Gasteiger partial charge in [0.1, 0.15) is 5.01 Å². The first-order valence-electron chi connectivity index (χ1n) is 9.71. The lowest BCUT2D eigenvalue weighted by Crippen LogP contribution is -2.26. The van der Waals surface area contributed by atoms with E-state index in [0.717, 1.165) is 41.3 Å². The van der Waals surface area contributed by atoms with Gasteiger partial charge in [-0.05, 0) is 36.0 Å². The van der Waals surface area contributed by atoms with Crippen molar-refractivity contribution in [1.82, 2.24) is 15.4 Å². The third kappa shape index (κ3) is 3.15. The fourth-order valence-electron chi connectivity index (χ4n) is 3.92. The molecular formula is C23H23N3OS. The predicted octanol–water partition coefficient (Wildman–Crippen LogP) is 4.51. The summed E-state index contributed by atoms with van der Waals surface area (Å²) in [6.45, 7) is 0.837. The summed E-state index contributed by atoms with van der Waals surface area (Å²) < 4.78 is 0. The summed E-state index contributed by atoms with van der Waals surface area (Å²) >= 11 is 1.74. The molecule has 0 amide bonds. The van der Waals surface area contributed by atoms with E-state index in [-0.39, 0.29) is 6.10 Å². The Labute approximate surface area is 169 Å². The van der Waals surface area contributed by atoms with Crippen LogP contribution < -0.4 is 5.43 Å². The Morgan fingerprint density at radius 1 is 1.04 bits per heavy atom. The highest BCUT2D eigenvalue weighted by atomic mass is 32.1. The molecule has 4 nitrogen and oxygen atoms in total. The molecule has 28 heavy (non-hydrogen) atoms. The van der Waals surface area contributed by atoms with E-state index in [1.54, 1.807) is 11.3 Å². The van der Waals surface area contributed by atoms with Crippen LogP contribution in [0.15, 0.2) is 60.7 Å². The smallest absolute Gasteiger partial charge is 0.141 e. The molecular weight excluding hydrogens is 366 g/mol. The number of nitrogens with zero attached hydrogens (tertiary/aromatic N) is 2. The van der Waals surface area contributed by atoms with E-state index in [1.165, 1.54) is 16.0 Å². The van der Waals surface area contributed by atoms with Crippen molar-refractivity contribution in [3.8, 4) is 21.7 Å². The zero-order valence-corrected chi connectivity index (χ0v) is 16.6. The topological polar surface area (TPSA) is 48.4 Å². The number of hydrogen-bond donors (Lipinski definition) is 2. The first-order valence-corrected chi connectivity index (χ1v) is 10.5. The molecule has 5 rings (SSSR count). The van der Waals surface area contributed by atoms with Crippen LogP contribution >= 0.6 is 11.3 Å². The minimum absolute atomic E-state index is 0.124. The number of rotatable bonds is 4. The first kappa shape index (κ1) is 17.6. The molecule has 2 aliphatic rings. The maximum Gasteiger partial charge on any atom is 0.141 e. The molecule has 5 heteroatoms. The fraction of sp³-hybridized carbons (Fsp3) is 0.261. The lowest BCUT2D eigenvalue weighted by atomic mass is 9.77. The number of benzene rings is 2. The second-order valence-corrected chi connectivity index (χ2v) is 8.52. The lowest BCUT2D eigenvalue weighted by Gasteiger charge is -2.31.